The molecule has 0 bridgehead atoms. The predicted octanol–water partition coefficient (Wildman–Crippen LogP) is 0.377. The Morgan fingerprint density at radius 1 is 1.44 bits per heavy atom. The highest BCUT2D eigenvalue weighted by Gasteiger charge is 2.38. The van der Waals surface area contributed by atoms with Crippen LogP contribution < -0.4 is 0 Å². The van der Waals surface area contributed by atoms with Gasteiger partial charge in [0.25, 0.3) is 0 Å². The molecule has 0 aromatic carbocycles. The van der Waals surface area contributed by atoms with Crippen LogP contribution >= 0.6 is 0 Å². The van der Waals surface area contributed by atoms with Crippen molar-refractivity contribution >= 4 is 17.7 Å². The molecule has 1 amide bonds. The highest BCUT2D eigenvalue weighted by Crippen LogP contribution is 2.15. The van der Waals surface area contributed by atoms with E-state index in [2.05, 4.69) is 0 Å². The van der Waals surface area contributed by atoms with Crippen molar-refractivity contribution < 1.29 is 19.1 Å². The second kappa shape index (κ2) is 5.63. The smallest absolute Gasteiger partial charge is 0.318 e. The first-order chi connectivity index (χ1) is 7.60. The van der Waals surface area contributed by atoms with E-state index < -0.39 is 11.9 Å². The van der Waals surface area contributed by atoms with Crippen LogP contribution in [0.5, 0.6) is 0 Å². The van der Waals surface area contributed by atoms with Crippen molar-refractivity contribution in [3.05, 3.63) is 0 Å². The fraction of sp³-hybridized carbons (Fsp3) is 0.727. The molecule has 1 atom stereocenters. The first kappa shape index (κ1) is 12.7. The standard InChI is InChI=1S/C11H17NO4/c1-3-5-10(14)12-6-8(9(13)7-12)11(15)16-4-2/h8H,3-7H2,1-2H3. The van der Waals surface area contributed by atoms with Crippen molar-refractivity contribution in [1.82, 2.24) is 4.90 Å². The molecule has 1 saturated heterocycles. The van der Waals surface area contributed by atoms with Gasteiger partial charge in [-0.2, -0.15) is 0 Å². The number of nitrogens with zero attached hydrogens (tertiary/aromatic N) is 1. The first-order valence-corrected chi connectivity index (χ1v) is 5.57. The predicted molar refractivity (Wildman–Crippen MR) is 56.6 cm³/mol. The van der Waals surface area contributed by atoms with Crippen LogP contribution in [-0.4, -0.2) is 42.3 Å². The van der Waals surface area contributed by atoms with Crippen LogP contribution in [0.25, 0.3) is 0 Å². The number of hydrogen-bond donors (Lipinski definition) is 0. The number of hydrogen-bond acceptors (Lipinski definition) is 4. The highest BCUT2D eigenvalue weighted by molar-refractivity contribution is 6.03. The number of carbonyl (C=O) groups is 3. The molecule has 0 saturated carbocycles. The topological polar surface area (TPSA) is 63.7 Å². The van der Waals surface area contributed by atoms with E-state index in [1.807, 2.05) is 6.92 Å². The molecular weight excluding hydrogens is 210 g/mol. The quantitative estimate of drug-likeness (QED) is 0.514. The lowest BCUT2D eigenvalue weighted by Crippen LogP contribution is -2.30. The molecule has 1 aliphatic rings. The lowest BCUT2D eigenvalue weighted by atomic mass is 10.1. The molecule has 1 unspecified atom stereocenters. The third kappa shape index (κ3) is 2.81. The molecule has 1 rings (SSSR count). The first-order valence-electron chi connectivity index (χ1n) is 5.57. The largest absolute Gasteiger partial charge is 0.465 e. The Bertz CT molecular complexity index is 300. The molecule has 1 fully saturated rings. The molecule has 1 heterocycles. The Balaban J connectivity index is 2.56. The van der Waals surface area contributed by atoms with E-state index in [0.717, 1.165) is 6.42 Å². The highest BCUT2D eigenvalue weighted by atomic mass is 16.5. The molecule has 5 nitrogen and oxygen atoms in total. The van der Waals surface area contributed by atoms with E-state index in [1.165, 1.54) is 4.90 Å². The molecule has 90 valence electrons. The summed E-state index contributed by atoms with van der Waals surface area (Å²) >= 11 is 0. The van der Waals surface area contributed by atoms with Gasteiger partial charge in [0.15, 0.2) is 5.78 Å². The summed E-state index contributed by atoms with van der Waals surface area (Å²) in [5.41, 5.74) is 0. The van der Waals surface area contributed by atoms with Gasteiger partial charge in [-0.3, -0.25) is 14.4 Å². The van der Waals surface area contributed by atoms with Crippen LogP contribution in [0.4, 0.5) is 0 Å². The summed E-state index contributed by atoms with van der Waals surface area (Å²) in [4.78, 5) is 35.9. The average molecular weight is 227 g/mol. The normalized spacial score (nSPS) is 20.0. The van der Waals surface area contributed by atoms with Gasteiger partial charge in [-0.15, -0.1) is 0 Å². The van der Waals surface area contributed by atoms with Gasteiger partial charge in [-0.05, 0) is 13.3 Å². The average Bonchev–Trinajstić information content (AvgIpc) is 2.61. The summed E-state index contributed by atoms with van der Waals surface area (Å²) < 4.78 is 4.79. The number of likely N-dealkylation sites (tertiary alicyclic amines) is 1. The minimum Gasteiger partial charge on any atom is -0.465 e. The van der Waals surface area contributed by atoms with E-state index in [4.69, 9.17) is 4.74 Å². The number of ketones is 1. The number of carbonyl (C=O) groups excluding carboxylic acids is 3. The van der Waals surface area contributed by atoms with Crippen LogP contribution in [0.1, 0.15) is 26.7 Å². The van der Waals surface area contributed by atoms with Crippen molar-refractivity contribution in [3.8, 4) is 0 Å². The van der Waals surface area contributed by atoms with Crippen molar-refractivity contribution in [2.75, 3.05) is 19.7 Å². The van der Waals surface area contributed by atoms with Crippen molar-refractivity contribution in [2.24, 2.45) is 5.92 Å². The van der Waals surface area contributed by atoms with Gasteiger partial charge in [0.2, 0.25) is 5.91 Å². The zero-order valence-electron chi connectivity index (χ0n) is 9.69. The maximum atomic E-state index is 11.5. The summed E-state index contributed by atoms with van der Waals surface area (Å²) in [6, 6.07) is 0. The Morgan fingerprint density at radius 3 is 2.69 bits per heavy atom. The van der Waals surface area contributed by atoms with Crippen molar-refractivity contribution in [3.63, 3.8) is 0 Å². The SMILES string of the molecule is CCCC(=O)N1CC(=O)C(C(=O)OCC)C1. The number of Topliss-reactive ketones (excluding diaryl/α,β-unsaturated/α-hetero) is 1. The van der Waals surface area contributed by atoms with E-state index in [0.29, 0.717) is 6.42 Å². The Morgan fingerprint density at radius 2 is 2.12 bits per heavy atom. The molecule has 16 heavy (non-hydrogen) atoms. The molecule has 0 aliphatic carbocycles. The number of rotatable bonds is 4. The van der Waals surface area contributed by atoms with Crippen LogP contribution in [0.2, 0.25) is 0 Å². The van der Waals surface area contributed by atoms with Crippen molar-refractivity contribution in [1.29, 1.82) is 0 Å². The van der Waals surface area contributed by atoms with E-state index >= 15 is 0 Å². The van der Waals surface area contributed by atoms with Crippen LogP contribution in [0.3, 0.4) is 0 Å². The summed E-state index contributed by atoms with van der Waals surface area (Å²) in [6.45, 7) is 4.07. The third-order valence-corrected chi connectivity index (χ3v) is 2.53. The molecule has 1 aliphatic heterocycles. The van der Waals surface area contributed by atoms with E-state index in [9.17, 15) is 14.4 Å². The van der Waals surface area contributed by atoms with Gasteiger partial charge in [-0.25, -0.2) is 0 Å². The van der Waals surface area contributed by atoms with Crippen LogP contribution in [0.15, 0.2) is 0 Å². The van der Waals surface area contributed by atoms with Crippen LogP contribution in [0, 0.1) is 5.92 Å². The Labute approximate surface area is 94.7 Å². The third-order valence-electron chi connectivity index (χ3n) is 2.53. The number of esters is 1. The molecule has 0 aromatic heterocycles. The van der Waals surface area contributed by atoms with Gasteiger partial charge in [0.1, 0.15) is 5.92 Å². The van der Waals surface area contributed by atoms with Gasteiger partial charge in [0, 0.05) is 13.0 Å². The maximum Gasteiger partial charge on any atom is 0.318 e. The summed E-state index contributed by atoms with van der Waals surface area (Å²) in [6.07, 6.45) is 1.16. The summed E-state index contributed by atoms with van der Waals surface area (Å²) in [5.74, 6) is -1.58. The minimum atomic E-state index is -0.777. The summed E-state index contributed by atoms with van der Waals surface area (Å²) in [7, 11) is 0. The Hall–Kier alpha value is -1.39. The molecule has 0 N–H and O–H groups in total. The van der Waals surface area contributed by atoms with Gasteiger partial charge >= 0.3 is 5.97 Å². The second-order valence-electron chi connectivity index (χ2n) is 3.80. The molecule has 0 aromatic rings. The van der Waals surface area contributed by atoms with Crippen molar-refractivity contribution in [2.45, 2.75) is 26.7 Å². The zero-order chi connectivity index (χ0) is 12.1. The molecule has 0 spiro atoms. The maximum absolute atomic E-state index is 11.5. The number of ether oxygens (including phenoxy) is 1. The van der Waals surface area contributed by atoms with Crippen LogP contribution in [-0.2, 0) is 19.1 Å². The van der Waals surface area contributed by atoms with Gasteiger partial charge in [-0.1, -0.05) is 6.92 Å². The molecular formula is C11H17NO4. The lowest BCUT2D eigenvalue weighted by molar-refractivity contribution is -0.149. The molecule has 0 radical (unpaired) electrons. The molecule has 5 heteroatoms. The second-order valence-corrected chi connectivity index (χ2v) is 3.80. The fourth-order valence-corrected chi connectivity index (χ4v) is 1.70. The van der Waals surface area contributed by atoms with E-state index in [1.54, 1.807) is 6.92 Å². The number of amides is 1. The van der Waals surface area contributed by atoms with Gasteiger partial charge < -0.3 is 9.64 Å². The van der Waals surface area contributed by atoms with Gasteiger partial charge in [0.05, 0.1) is 13.2 Å². The minimum absolute atomic E-state index is 0.0440. The zero-order valence-corrected chi connectivity index (χ0v) is 9.69. The monoisotopic (exact) mass is 227 g/mol. The Kier molecular flexibility index (Phi) is 4.46. The fourth-order valence-electron chi connectivity index (χ4n) is 1.70. The van der Waals surface area contributed by atoms with E-state index in [-0.39, 0.29) is 31.4 Å². The summed E-state index contributed by atoms with van der Waals surface area (Å²) in [5, 5.41) is 0. The lowest BCUT2D eigenvalue weighted by Gasteiger charge is -2.14.